The number of hydrogen-bond donors (Lipinski definition) is 2. The number of furan rings is 1. The standard InChI is InChI=1S/C17H13Br2NO5S.CH3.Al/c1-2-13-15(16(21)8-5-11(18)17(22)12(19)6-8)10-4-3-9(26(20,23)24)7-14(10)25-13;;/h3-7H,2H2,1H3,(H3,20,21,22,23,24);1H3;/q;;+1/p-1. The molecule has 1 heterocycles. The normalized spacial score (nSPS) is 11.7. The topological polar surface area (TPSA) is 96.6 Å². The summed E-state index contributed by atoms with van der Waals surface area (Å²) >= 11 is 6.03. The van der Waals surface area contributed by atoms with Crippen LogP contribution >= 0.6 is 31.9 Å². The molecule has 3 rings (SSSR count). The molecule has 0 saturated heterocycles. The third kappa shape index (κ3) is 3.95. The highest BCUT2D eigenvalue weighted by Gasteiger charge is 2.24. The van der Waals surface area contributed by atoms with E-state index in [-0.39, 0.29) is 16.4 Å². The first kappa shape index (κ1) is 21.6. The first-order chi connectivity index (χ1) is 13.2. The minimum Gasteiger partial charge on any atom is -0.506 e. The minimum atomic E-state index is -3.60. The average Bonchev–Trinajstić information content (AvgIpc) is 3.02. The summed E-state index contributed by atoms with van der Waals surface area (Å²) in [6, 6.07) is 7.57. The van der Waals surface area contributed by atoms with Gasteiger partial charge in [-0.15, -0.1) is 0 Å². The van der Waals surface area contributed by atoms with Crippen LogP contribution in [0.1, 0.15) is 28.6 Å². The predicted octanol–water partition coefficient (Wildman–Crippen LogP) is 4.40. The Balaban J connectivity index is 2.17. The number of rotatable bonds is 6. The van der Waals surface area contributed by atoms with Crippen LogP contribution in [0.4, 0.5) is 0 Å². The van der Waals surface area contributed by atoms with E-state index in [0.717, 1.165) is 0 Å². The second-order valence-corrected chi connectivity index (χ2v) is 10.6. The molecule has 0 bridgehead atoms. The van der Waals surface area contributed by atoms with Gasteiger partial charge in [0.1, 0.15) is 17.1 Å². The number of aryl methyl sites for hydroxylation is 1. The van der Waals surface area contributed by atoms with Gasteiger partial charge in [-0.2, -0.15) is 0 Å². The number of sulfonamides is 1. The Morgan fingerprint density at radius 1 is 1.21 bits per heavy atom. The summed E-state index contributed by atoms with van der Waals surface area (Å²) in [5, 5.41) is 10.4. The van der Waals surface area contributed by atoms with Gasteiger partial charge in [0.05, 0.1) is 19.4 Å². The van der Waals surface area contributed by atoms with Crippen LogP contribution in [0.5, 0.6) is 5.75 Å². The highest BCUT2D eigenvalue weighted by molar-refractivity contribution is 9.11. The molecule has 1 aromatic heterocycles. The second kappa shape index (κ2) is 8.30. The van der Waals surface area contributed by atoms with E-state index in [1.54, 1.807) is 11.9 Å². The summed E-state index contributed by atoms with van der Waals surface area (Å²) in [5.74, 6) is 1.99. The van der Waals surface area contributed by atoms with Crippen LogP contribution in [0.3, 0.4) is 0 Å². The fourth-order valence-corrected chi connectivity index (χ4v) is 6.34. The van der Waals surface area contributed by atoms with Crippen molar-refractivity contribution in [3.8, 4) is 5.75 Å². The zero-order valence-electron chi connectivity index (χ0n) is 14.9. The monoisotopic (exact) mass is 542 g/mol. The maximum absolute atomic E-state index is 13.2. The van der Waals surface area contributed by atoms with Crippen molar-refractivity contribution in [1.82, 2.24) is 3.71 Å². The number of hydrogen-bond acceptors (Lipinski definition) is 5. The van der Waals surface area contributed by atoms with E-state index < -0.39 is 25.5 Å². The Hall–Kier alpha value is -1.15. The molecule has 2 aromatic carbocycles. The fraction of sp³-hybridized carbons (Fsp3) is 0.167. The number of benzene rings is 2. The molecule has 0 aliphatic heterocycles. The quantitative estimate of drug-likeness (QED) is 0.355. The lowest BCUT2D eigenvalue weighted by atomic mass is 9.99. The predicted molar refractivity (Wildman–Crippen MR) is 114 cm³/mol. The molecule has 0 amide bonds. The van der Waals surface area contributed by atoms with E-state index in [1.807, 2.05) is 6.92 Å². The Kier molecular flexibility index (Phi) is 6.39. The molecule has 3 aromatic rings. The molecular weight excluding hydrogens is 529 g/mol. The third-order valence-corrected chi connectivity index (χ3v) is 8.41. The van der Waals surface area contributed by atoms with E-state index in [2.05, 4.69) is 35.6 Å². The van der Waals surface area contributed by atoms with Crippen LogP contribution in [0.2, 0.25) is 5.79 Å². The molecule has 0 fully saturated rings. The van der Waals surface area contributed by atoms with E-state index in [1.165, 1.54) is 24.3 Å². The van der Waals surface area contributed by atoms with Crippen LogP contribution in [0.25, 0.3) is 11.0 Å². The van der Waals surface area contributed by atoms with E-state index in [0.29, 0.717) is 43.2 Å². The van der Waals surface area contributed by atoms with Gasteiger partial charge in [-0.25, -0.2) is 8.42 Å². The number of nitrogens with one attached hydrogen (secondary N) is 1. The molecule has 0 aliphatic rings. The first-order valence-corrected chi connectivity index (χ1v) is 13.1. The number of aromatic hydroxyl groups is 1. The van der Waals surface area contributed by atoms with Gasteiger partial charge < -0.3 is 13.2 Å². The number of carbonyl (C=O) groups excluding carboxylic acids is 1. The van der Waals surface area contributed by atoms with Crippen LogP contribution in [0.15, 0.2) is 48.6 Å². The Labute approximate surface area is 185 Å². The van der Waals surface area contributed by atoms with Gasteiger partial charge in [0, 0.05) is 23.4 Å². The zero-order chi connectivity index (χ0) is 20.6. The summed E-state index contributed by atoms with van der Waals surface area (Å²) in [7, 11) is -3.60. The average molecular weight is 544 g/mol. The molecular formula is C18H15AlBr2NO5S. The van der Waals surface area contributed by atoms with Crippen molar-refractivity contribution in [3.63, 3.8) is 0 Å². The molecule has 1 radical (unpaired) electrons. The fourth-order valence-electron chi connectivity index (χ4n) is 2.86. The number of carbonyl (C=O) groups is 1. The van der Waals surface area contributed by atoms with Crippen molar-refractivity contribution < 1.29 is 22.7 Å². The van der Waals surface area contributed by atoms with Crippen LogP contribution in [0, 0.1) is 0 Å². The van der Waals surface area contributed by atoms with Crippen molar-refractivity contribution in [1.29, 1.82) is 0 Å². The summed E-state index contributed by atoms with van der Waals surface area (Å²) in [4.78, 5) is 13.3. The molecule has 10 heteroatoms. The number of halogens is 2. The Morgan fingerprint density at radius 2 is 1.86 bits per heavy atom. The van der Waals surface area contributed by atoms with Crippen LogP contribution in [-0.4, -0.2) is 34.7 Å². The molecule has 0 saturated carbocycles. The minimum absolute atomic E-state index is 0.00437. The van der Waals surface area contributed by atoms with Crippen molar-refractivity contribution >= 4 is 74.1 Å². The van der Waals surface area contributed by atoms with Crippen molar-refractivity contribution in [3.05, 3.63) is 56.2 Å². The smallest absolute Gasteiger partial charge is 0.338 e. The van der Waals surface area contributed by atoms with Crippen LogP contribution in [-0.2, 0) is 16.4 Å². The maximum Gasteiger partial charge on any atom is 0.338 e. The van der Waals surface area contributed by atoms with Gasteiger partial charge in [-0.05, 0) is 56.1 Å². The summed E-state index contributed by atoms with van der Waals surface area (Å²) in [6.07, 6.45) is 0.468. The van der Waals surface area contributed by atoms with Gasteiger partial charge >= 0.3 is 15.4 Å². The summed E-state index contributed by atoms with van der Waals surface area (Å²) in [5.41, 5.74) is 1.09. The highest BCUT2D eigenvalue weighted by Crippen LogP contribution is 2.36. The lowest BCUT2D eigenvalue weighted by Gasteiger charge is -2.06. The van der Waals surface area contributed by atoms with E-state index in [9.17, 15) is 18.3 Å². The molecule has 0 spiro atoms. The largest absolute Gasteiger partial charge is 0.506 e. The second-order valence-electron chi connectivity index (χ2n) is 5.94. The van der Waals surface area contributed by atoms with Gasteiger partial charge in [0.15, 0.2) is 5.78 Å². The molecule has 6 nitrogen and oxygen atoms in total. The molecule has 2 N–H and O–H groups in total. The third-order valence-electron chi connectivity index (χ3n) is 4.14. The molecule has 0 atom stereocenters. The van der Waals surface area contributed by atoms with Crippen molar-refractivity contribution in [2.45, 2.75) is 24.0 Å². The Morgan fingerprint density at radius 3 is 2.43 bits per heavy atom. The zero-order valence-corrected chi connectivity index (χ0v) is 20.1. The first-order valence-electron chi connectivity index (χ1n) is 8.27. The summed E-state index contributed by atoms with van der Waals surface area (Å²) < 4.78 is 33.6. The molecule has 0 unspecified atom stereocenters. The molecule has 145 valence electrons. The maximum atomic E-state index is 13.2. The van der Waals surface area contributed by atoms with Crippen molar-refractivity contribution in [2.24, 2.45) is 0 Å². The number of phenols is 1. The molecule has 0 aliphatic carbocycles. The number of ketones is 1. The number of fused-ring (bicyclic) bond motifs is 1. The van der Waals surface area contributed by atoms with Gasteiger partial charge in [0.2, 0.25) is 10.0 Å². The Bertz CT molecular complexity index is 1170. The molecule has 28 heavy (non-hydrogen) atoms. The summed E-state index contributed by atoms with van der Waals surface area (Å²) in [6.45, 7) is 1.86. The van der Waals surface area contributed by atoms with E-state index in [4.69, 9.17) is 4.42 Å². The SMILES string of the molecule is CCc1oc2cc(S(=O)(=O)[NH][Al][CH3])ccc2c1C(=O)c1cc(Br)c(O)c(Br)c1. The van der Waals surface area contributed by atoms with E-state index >= 15 is 0 Å². The van der Waals surface area contributed by atoms with Gasteiger partial charge in [-0.1, -0.05) is 12.7 Å². The van der Waals surface area contributed by atoms with Crippen LogP contribution < -0.4 is 3.71 Å². The lowest BCUT2D eigenvalue weighted by Crippen LogP contribution is -2.25. The van der Waals surface area contributed by atoms with Gasteiger partial charge in [0.25, 0.3) is 0 Å². The number of phenolic OH excluding ortho intramolecular Hbond substituents is 1. The van der Waals surface area contributed by atoms with Gasteiger partial charge in [-0.3, -0.25) is 4.79 Å². The highest BCUT2D eigenvalue weighted by atomic mass is 79.9. The van der Waals surface area contributed by atoms with Crippen molar-refractivity contribution in [2.75, 3.05) is 0 Å². The lowest BCUT2D eigenvalue weighted by molar-refractivity contribution is 0.103.